The molecule has 0 aromatic carbocycles. The van der Waals surface area contributed by atoms with Crippen LogP contribution in [0, 0.1) is 0 Å². The highest BCUT2D eigenvalue weighted by atomic mass is 16.5. The van der Waals surface area contributed by atoms with Crippen molar-refractivity contribution in [2.75, 3.05) is 14.2 Å². The molecule has 0 fully saturated rings. The predicted molar refractivity (Wildman–Crippen MR) is 78.4 cm³/mol. The number of rotatable bonds is 4. The molecule has 1 aromatic rings. The number of methoxy groups -OCH3 is 1. The molecular weight excluding hydrogens is 236 g/mol. The Morgan fingerprint density at radius 1 is 1.26 bits per heavy atom. The number of hydrogen-bond acceptors (Lipinski definition) is 3. The molecule has 1 aromatic heterocycles. The molecule has 1 N–H and O–H groups in total. The lowest BCUT2D eigenvalue weighted by Gasteiger charge is -2.23. The number of pyridine rings is 1. The lowest BCUT2D eigenvalue weighted by atomic mass is 9.91. The summed E-state index contributed by atoms with van der Waals surface area (Å²) in [5.74, 6) is 0.727. The van der Waals surface area contributed by atoms with Gasteiger partial charge in [-0.05, 0) is 38.8 Å². The van der Waals surface area contributed by atoms with E-state index in [1.54, 1.807) is 13.3 Å². The molecule has 0 saturated heterocycles. The van der Waals surface area contributed by atoms with Crippen molar-refractivity contribution in [2.45, 2.75) is 44.6 Å². The second-order valence-electron chi connectivity index (χ2n) is 5.06. The van der Waals surface area contributed by atoms with Gasteiger partial charge in [-0.1, -0.05) is 30.6 Å². The molecule has 104 valence electrons. The molecular formula is C16H24N2O. The van der Waals surface area contributed by atoms with Crippen LogP contribution in [0.4, 0.5) is 0 Å². The first-order valence-electron chi connectivity index (χ1n) is 7.22. The highest BCUT2D eigenvalue weighted by Gasteiger charge is 2.19. The van der Waals surface area contributed by atoms with Crippen LogP contribution in [0.5, 0.6) is 5.88 Å². The average molecular weight is 260 g/mol. The van der Waals surface area contributed by atoms with E-state index in [1.807, 2.05) is 13.1 Å². The molecule has 3 heteroatoms. The Labute approximate surface area is 116 Å². The summed E-state index contributed by atoms with van der Waals surface area (Å²) in [5.41, 5.74) is 2.62. The number of nitrogens with zero attached hydrogens (tertiary/aromatic N) is 1. The van der Waals surface area contributed by atoms with Gasteiger partial charge in [-0.2, -0.15) is 0 Å². The van der Waals surface area contributed by atoms with Crippen LogP contribution in [-0.2, 0) is 0 Å². The molecule has 0 amide bonds. The Kier molecular flexibility index (Phi) is 5.40. The average Bonchev–Trinajstić information content (AvgIpc) is 2.42. The van der Waals surface area contributed by atoms with Crippen molar-refractivity contribution >= 4 is 0 Å². The lowest BCUT2D eigenvalue weighted by Crippen LogP contribution is -2.20. The minimum Gasteiger partial charge on any atom is -0.481 e. The Morgan fingerprint density at radius 2 is 2.11 bits per heavy atom. The van der Waals surface area contributed by atoms with Crippen LogP contribution in [0.3, 0.4) is 0 Å². The summed E-state index contributed by atoms with van der Waals surface area (Å²) in [6, 6.07) is 4.31. The summed E-state index contributed by atoms with van der Waals surface area (Å²) in [4.78, 5) is 4.31. The van der Waals surface area contributed by atoms with Crippen molar-refractivity contribution in [1.82, 2.24) is 10.3 Å². The Balaban J connectivity index is 2.27. The minimum atomic E-state index is 0.224. The summed E-state index contributed by atoms with van der Waals surface area (Å²) in [6.45, 7) is 0. The van der Waals surface area contributed by atoms with E-state index in [4.69, 9.17) is 4.74 Å². The maximum atomic E-state index is 5.40. The first kappa shape index (κ1) is 14.1. The van der Waals surface area contributed by atoms with E-state index in [1.165, 1.54) is 44.1 Å². The monoisotopic (exact) mass is 260 g/mol. The first-order chi connectivity index (χ1) is 9.36. The van der Waals surface area contributed by atoms with Crippen molar-refractivity contribution in [3.63, 3.8) is 0 Å². The number of likely N-dealkylation sites (N-methyl/N-ethyl adjacent to an activating group) is 1. The number of nitrogens with one attached hydrogen (secondary N) is 1. The molecule has 19 heavy (non-hydrogen) atoms. The van der Waals surface area contributed by atoms with Crippen LogP contribution in [0.1, 0.15) is 50.1 Å². The van der Waals surface area contributed by atoms with Gasteiger partial charge in [-0.25, -0.2) is 4.98 Å². The van der Waals surface area contributed by atoms with E-state index >= 15 is 0 Å². The van der Waals surface area contributed by atoms with Crippen LogP contribution in [0.25, 0.3) is 0 Å². The van der Waals surface area contributed by atoms with E-state index < -0.39 is 0 Å². The van der Waals surface area contributed by atoms with Crippen LogP contribution in [0.15, 0.2) is 30.0 Å². The van der Waals surface area contributed by atoms with Gasteiger partial charge < -0.3 is 10.1 Å². The van der Waals surface area contributed by atoms with Gasteiger partial charge in [-0.15, -0.1) is 0 Å². The smallest absolute Gasteiger partial charge is 0.218 e. The molecule has 3 nitrogen and oxygen atoms in total. The fraction of sp³-hybridized carbons (Fsp3) is 0.562. The Bertz CT molecular complexity index is 429. The van der Waals surface area contributed by atoms with Gasteiger partial charge in [0.2, 0.25) is 5.88 Å². The van der Waals surface area contributed by atoms with E-state index in [-0.39, 0.29) is 6.04 Å². The normalized spacial score (nSPS) is 20.8. The topological polar surface area (TPSA) is 34.2 Å². The van der Waals surface area contributed by atoms with Crippen LogP contribution in [-0.4, -0.2) is 19.1 Å². The molecule has 2 rings (SSSR count). The number of hydrogen-bond donors (Lipinski definition) is 1. The number of allylic oxidation sites excluding steroid dienone is 1. The zero-order valence-electron chi connectivity index (χ0n) is 12.0. The zero-order valence-corrected chi connectivity index (χ0v) is 12.0. The Morgan fingerprint density at radius 3 is 2.89 bits per heavy atom. The summed E-state index contributed by atoms with van der Waals surface area (Å²) in [5, 5.41) is 3.42. The molecule has 0 aliphatic heterocycles. The second kappa shape index (κ2) is 7.29. The maximum absolute atomic E-state index is 5.40. The van der Waals surface area contributed by atoms with Crippen molar-refractivity contribution in [1.29, 1.82) is 0 Å². The van der Waals surface area contributed by atoms with Crippen LogP contribution >= 0.6 is 0 Å². The van der Waals surface area contributed by atoms with E-state index in [9.17, 15) is 0 Å². The largest absolute Gasteiger partial charge is 0.481 e. The molecule has 1 unspecified atom stereocenters. The second-order valence-corrected chi connectivity index (χ2v) is 5.06. The Hall–Kier alpha value is -1.35. The fourth-order valence-electron chi connectivity index (χ4n) is 2.81. The third-order valence-electron chi connectivity index (χ3n) is 3.79. The summed E-state index contributed by atoms with van der Waals surface area (Å²) in [7, 11) is 3.70. The fourth-order valence-corrected chi connectivity index (χ4v) is 2.81. The van der Waals surface area contributed by atoms with E-state index in [0.717, 1.165) is 11.4 Å². The van der Waals surface area contributed by atoms with Crippen molar-refractivity contribution in [2.24, 2.45) is 0 Å². The van der Waals surface area contributed by atoms with Crippen molar-refractivity contribution < 1.29 is 4.74 Å². The van der Waals surface area contributed by atoms with Gasteiger partial charge in [0.1, 0.15) is 0 Å². The number of aromatic nitrogens is 1. The van der Waals surface area contributed by atoms with Crippen molar-refractivity contribution in [3.8, 4) is 5.88 Å². The van der Waals surface area contributed by atoms with Gasteiger partial charge in [0.15, 0.2) is 0 Å². The molecule has 0 spiro atoms. The predicted octanol–water partition coefficient (Wildman–Crippen LogP) is 3.63. The summed E-state index contributed by atoms with van der Waals surface area (Å²) < 4.78 is 5.40. The molecule has 0 bridgehead atoms. The van der Waals surface area contributed by atoms with E-state index in [0.29, 0.717) is 0 Å². The molecule has 1 atom stereocenters. The standard InChI is InChI=1S/C16H24N2O/c1-17-15(13-9-6-4-3-5-7-10-13)14-11-8-12-18-16(14)19-2/h8-9,11-12,15,17H,3-7,10H2,1-2H3/b13-9+. The summed E-state index contributed by atoms with van der Waals surface area (Å²) >= 11 is 0. The quantitative estimate of drug-likeness (QED) is 0.839. The van der Waals surface area contributed by atoms with Gasteiger partial charge in [0.05, 0.1) is 13.2 Å². The highest BCUT2D eigenvalue weighted by Crippen LogP contribution is 2.32. The van der Waals surface area contributed by atoms with Crippen LogP contribution in [0.2, 0.25) is 0 Å². The first-order valence-corrected chi connectivity index (χ1v) is 7.22. The van der Waals surface area contributed by atoms with E-state index in [2.05, 4.69) is 22.4 Å². The molecule has 0 saturated carbocycles. The van der Waals surface area contributed by atoms with Crippen molar-refractivity contribution in [3.05, 3.63) is 35.5 Å². The minimum absolute atomic E-state index is 0.224. The molecule has 1 heterocycles. The van der Waals surface area contributed by atoms with Crippen LogP contribution < -0.4 is 10.1 Å². The molecule has 1 aliphatic rings. The zero-order chi connectivity index (χ0) is 13.5. The van der Waals surface area contributed by atoms with Gasteiger partial charge in [0.25, 0.3) is 0 Å². The molecule has 1 aliphatic carbocycles. The maximum Gasteiger partial charge on any atom is 0.218 e. The highest BCUT2D eigenvalue weighted by molar-refractivity contribution is 5.35. The summed E-state index contributed by atoms with van der Waals surface area (Å²) in [6.07, 6.45) is 11.9. The van der Waals surface area contributed by atoms with Gasteiger partial charge in [0, 0.05) is 11.8 Å². The lowest BCUT2D eigenvalue weighted by molar-refractivity contribution is 0.387. The number of ether oxygens (including phenoxy) is 1. The van der Waals surface area contributed by atoms with Gasteiger partial charge in [-0.3, -0.25) is 0 Å². The van der Waals surface area contributed by atoms with Gasteiger partial charge >= 0.3 is 0 Å². The third-order valence-corrected chi connectivity index (χ3v) is 3.79. The molecule has 0 radical (unpaired) electrons. The third kappa shape index (κ3) is 3.57. The SMILES string of the molecule is CNC(/C1=C/CCCCCC1)c1cccnc1OC.